The van der Waals surface area contributed by atoms with Crippen molar-refractivity contribution < 1.29 is 9.59 Å². The molecular weight excluding hydrogens is 456 g/mol. The van der Waals surface area contributed by atoms with E-state index in [2.05, 4.69) is 52.0 Å². The minimum Gasteiger partial charge on any atom is -0.379 e. The number of piperidine rings is 1. The summed E-state index contributed by atoms with van der Waals surface area (Å²) in [5.74, 6) is 0.330. The van der Waals surface area contributed by atoms with E-state index in [1.54, 1.807) is 6.20 Å². The molecule has 0 saturated carbocycles. The number of nitrogens with zero attached hydrogens (tertiary/aromatic N) is 2. The smallest absolute Gasteiger partial charge is 0.257 e. The number of likely N-dealkylation sites (tertiary alicyclic amines) is 1. The Hall–Kier alpha value is -3.71. The third-order valence-electron chi connectivity index (χ3n) is 6.49. The van der Waals surface area contributed by atoms with Crippen molar-refractivity contribution in [2.24, 2.45) is 0 Å². The molecule has 2 amide bonds. The van der Waals surface area contributed by atoms with Gasteiger partial charge in [0.05, 0.1) is 21.6 Å². The van der Waals surface area contributed by atoms with Crippen molar-refractivity contribution in [3.8, 4) is 0 Å². The Labute approximate surface area is 209 Å². The topological polar surface area (TPSA) is 74.3 Å². The van der Waals surface area contributed by atoms with E-state index in [1.807, 2.05) is 34.5 Å². The molecule has 0 aliphatic carbocycles. The quantitative estimate of drug-likeness (QED) is 0.358. The fraction of sp³-hybridized carbons (Fsp3) is 0.250. The number of hydrogen-bond donors (Lipinski definition) is 2. The number of carbonyl (C=O) groups is 2. The summed E-state index contributed by atoms with van der Waals surface area (Å²) in [6, 6.07) is 20.6. The van der Waals surface area contributed by atoms with Crippen LogP contribution in [0.2, 0.25) is 0 Å². The molecule has 35 heavy (non-hydrogen) atoms. The number of anilines is 2. The van der Waals surface area contributed by atoms with Gasteiger partial charge in [-0.3, -0.25) is 14.6 Å². The number of rotatable bonds is 6. The summed E-state index contributed by atoms with van der Waals surface area (Å²) < 4.78 is 0.870. The van der Waals surface area contributed by atoms with Gasteiger partial charge in [0, 0.05) is 38.1 Å². The van der Waals surface area contributed by atoms with Crippen LogP contribution in [0.15, 0.2) is 72.2 Å². The van der Waals surface area contributed by atoms with Gasteiger partial charge in [0.1, 0.15) is 5.52 Å². The number of amides is 2. The largest absolute Gasteiger partial charge is 0.379 e. The summed E-state index contributed by atoms with van der Waals surface area (Å²) in [5, 5.41) is 8.23. The van der Waals surface area contributed by atoms with Gasteiger partial charge in [0.15, 0.2) is 0 Å². The minimum absolute atomic E-state index is 0.00375. The maximum atomic E-state index is 13.7. The summed E-state index contributed by atoms with van der Waals surface area (Å²) in [4.78, 5) is 31.9. The van der Waals surface area contributed by atoms with Crippen molar-refractivity contribution in [2.45, 2.75) is 32.2 Å². The zero-order valence-electron chi connectivity index (χ0n) is 19.7. The molecule has 1 fully saturated rings. The van der Waals surface area contributed by atoms with Crippen molar-refractivity contribution >= 4 is 44.7 Å². The van der Waals surface area contributed by atoms with E-state index in [0.717, 1.165) is 41.9 Å². The number of carbonyl (C=O) groups excluding carboxylic acids is 2. The van der Waals surface area contributed by atoms with Crippen molar-refractivity contribution in [1.82, 2.24) is 9.88 Å². The highest BCUT2D eigenvalue weighted by molar-refractivity contribution is 7.18. The molecule has 2 N–H and O–H groups in total. The average molecular weight is 485 g/mol. The van der Waals surface area contributed by atoms with Gasteiger partial charge in [-0.2, -0.15) is 0 Å². The van der Waals surface area contributed by atoms with Crippen molar-refractivity contribution in [3.63, 3.8) is 0 Å². The van der Waals surface area contributed by atoms with Crippen LogP contribution < -0.4 is 10.6 Å². The first-order chi connectivity index (χ1) is 17.1. The molecule has 7 heteroatoms. The minimum atomic E-state index is -0.147. The summed E-state index contributed by atoms with van der Waals surface area (Å²) >= 11 is 1.48. The van der Waals surface area contributed by atoms with Crippen LogP contribution in [0.25, 0.3) is 10.2 Å². The number of thiophene rings is 1. The SMILES string of the molecule is CC(=O)Nc1csc2c(NCc3ccccc3)c(C(=O)N3CCC(c4ccccc4)CC3)cnc12. The van der Waals surface area contributed by atoms with Gasteiger partial charge in [-0.1, -0.05) is 60.7 Å². The van der Waals surface area contributed by atoms with E-state index in [-0.39, 0.29) is 11.8 Å². The lowest BCUT2D eigenvalue weighted by Crippen LogP contribution is -2.38. The van der Waals surface area contributed by atoms with Gasteiger partial charge < -0.3 is 15.5 Å². The molecule has 1 aliphatic heterocycles. The average Bonchev–Trinajstić information content (AvgIpc) is 3.30. The highest BCUT2D eigenvalue weighted by atomic mass is 32.1. The Bertz CT molecular complexity index is 1330. The van der Waals surface area contributed by atoms with E-state index >= 15 is 0 Å². The third-order valence-corrected chi connectivity index (χ3v) is 7.48. The molecule has 3 heterocycles. The van der Waals surface area contributed by atoms with Crippen LogP contribution in [0.5, 0.6) is 0 Å². The molecule has 1 saturated heterocycles. The fourth-order valence-electron chi connectivity index (χ4n) is 4.69. The van der Waals surface area contributed by atoms with Crippen LogP contribution in [0.4, 0.5) is 11.4 Å². The second-order valence-electron chi connectivity index (χ2n) is 8.87. The first kappa shape index (κ1) is 23.1. The maximum absolute atomic E-state index is 13.7. The van der Waals surface area contributed by atoms with Crippen LogP contribution in [0.1, 0.15) is 47.2 Å². The molecule has 6 nitrogen and oxygen atoms in total. The first-order valence-electron chi connectivity index (χ1n) is 11.9. The molecule has 0 atom stereocenters. The molecule has 0 unspecified atom stereocenters. The molecule has 0 bridgehead atoms. The van der Waals surface area contributed by atoms with E-state index in [9.17, 15) is 9.59 Å². The van der Waals surface area contributed by atoms with E-state index in [4.69, 9.17) is 0 Å². The molecular formula is C28H28N4O2S. The van der Waals surface area contributed by atoms with Crippen LogP contribution >= 0.6 is 11.3 Å². The Morgan fingerprint density at radius 2 is 1.71 bits per heavy atom. The maximum Gasteiger partial charge on any atom is 0.257 e. The second kappa shape index (κ2) is 10.3. The molecule has 4 aromatic rings. The Balaban J connectivity index is 1.42. The van der Waals surface area contributed by atoms with Gasteiger partial charge in [0.25, 0.3) is 5.91 Å². The second-order valence-corrected chi connectivity index (χ2v) is 9.75. The molecule has 0 radical (unpaired) electrons. The highest BCUT2D eigenvalue weighted by Gasteiger charge is 2.27. The summed E-state index contributed by atoms with van der Waals surface area (Å²) in [6.07, 6.45) is 3.55. The van der Waals surface area contributed by atoms with Gasteiger partial charge >= 0.3 is 0 Å². The highest BCUT2D eigenvalue weighted by Crippen LogP contribution is 2.37. The van der Waals surface area contributed by atoms with Gasteiger partial charge in [-0.15, -0.1) is 11.3 Å². The molecule has 1 aliphatic rings. The zero-order chi connectivity index (χ0) is 24.2. The van der Waals surface area contributed by atoms with Crippen LogP contribution in [0, 0.1) is 0 Å². The van der Waals surface area contributed by atoms with Crippen molar-refractivity contribution in [2.75, 3.05) is 23.7 Å². The predicted octanol–water partition coefficient (Wildman–Crippen LogP) is 5.89. The third kappa shape index (κ3) is 5.05. The monoisotopic (exact) mass is 484 g/mol. The fourth-order valence-corrected chi connectivity index (χ4v) is 5.67. The van der Waals surface area contributed by atoms with E-state index in [0.29, 0.717) is 29.2 Å². The van der Waals surface area contributed by atoms with E-state index in [1.165, 1.54) is 23.8 Å². The Kier molecular flexibility index (Phi) is 6.77. The predicted molar refractivity (Wildman–Crippen MR) is 142 cm³/mol. The number of aromatic nitrogens is 1. The molecule has 2 aromatic carbocycles. The molecule has 2 aromatic heterocycles. The normalized spacial score (nSPS) is 14.1. The lowest BCUT2D eigenvalue weighted by Gasteiger charge is -2.32. The standard InChI is InChI=1S/C28H28N4O2S/c1-19(33)31-24-18-35-27-25(29-16-20-8-4-2-5-9-20)23(17-30-26(24)27)28(34)32-14-12-22(13-15-32)21-10-6-3-7-11-21/h2-11,17-18,22H,12-16H2,1H3,(H,29,30)(H,31,33). The van der Waals surface area contributed by atoms with Gasteiger partial charge in [-0.05, 0) is 29.9 Å². The lowest BCUT2D eigenvalue weighted by molar-refractivity contribution is -0.114. The van der Waals surface area contributed by atoms with Crippen LogP contribution in [-0.4, -0.2) is 34.8 Å². The number of hydrogen-bond acceptors (Lipinski definition) is 5. The van der Waals surface area contributed by atoms with Gasteiger partial charge in [0.2, 0.25) is 5.91 Å². The zero-order valence-corrected chi connectivity index (χ0v) is 20.5. The summed E-state index contributed by atoms with van der Waals surface area (Å²) in [7, 11) is 0. The summed E-state index contributed by atoms with van der Waals surface area (Å²) in [6.45, 7) is 3.50. The summed E-state index contributed by atoms with van der Waals surface area (Å²) in [5.41, 5.74) is 5.18. The number of fused-ring (bicyclic) bond motifs is 1. The molecule has 0 spiro atoms. The van der Waals surface area contributed by atoms with Gasteiger partial charge in [-0.25, -0.2) is 0 Å². The van der Waals surface area contributed by atoms with Crippen molar-refractivity contribution in [1.29, 1.82) is 0 Å². The number of nitrogens with one attached hydrogen (secondary N) is 2. The number of pyridine rings is 1. The van der Waals surface area contributed by atoms with E-state index < -0.39 is 0 Å². The Morgan fingerprint density at radius 3 is 2.40 bits per heavy atom. The van der Waals surface area contributed by atoms with Crippen LogP contribution in [-0.2, 0) is 11.3 Å². The van der Waals surface area contributed by atoms with Crippen molar-refractivity contribution in [3.05, 3.63) is 88.9 Å². The Morgan fingerprint density at radius 1 is 1.03 bits per heavy atom. The number of benzene rings is 2. The molecule has 5 rings (SSSR count). The first-order valence-corrected chi connectivity index (χ1v) is 12.8. The molecule has 178 valence electrons. The van der Waals surface area contributed by atoms with Crippen LogP contribution in [0.3, 0.4) is 0 Å². The lowest BCUT2D eigenvalue weighted by atomic mass is 9.89.